The van der Waals surface area contributed by atoms with Gasteiger partial charge in [0.25, 0.3) is 0 Å². The minimum Gasteiger partial charge on any atom is -0.481 e. The molecule has 4 heteroatoms. The Hall–Kier alpha value is -1.84. The van der Waals surface area contributed by atoms with Crippen LogP contribution in [0.2, 0.25) is 0 Å². The maximum Gasteiger partial charge on any atom is 0.335 e. The fourth-order valence-corrected chi connectivity index (χ4v) is 1.71. The second-order valence-electron chi connectivity index (χ2n) is 4.33. The van der Waals surface area contributed by atoms with Crippen LogP contribution in [-0.4, -0.2) is 22.2 Å². The lowest BCUT2D eigenvalue weighted by molar-refractivity contribution is -0.141. The number of aromatic carboxylic acids is 1. The summed E-state index contributed by atoms with van der Waals surface area (Å²) < 4.78 is 0. The molecule has 4 nitrogen and oxygen atoms in total. The van der Waals surface area contributed by atoms with E-state index in [9.17, 15) is 9.59 Å². The van der Waals surface area contributed by atoms with Gasteiger partial charge in [-0.3, -0.25) is 4.79 Å². The topological polar surface area (TPSA) is 74.6 Å². The third-order valence-corrected chi connectivity index (χ3v) is 2.92. The number of rotatable bonds is 4. The van der Waals surface area contributed by atoms with Crippen molar-refractivity contribution in [1.82, 2.24) is 0 Å². The van der Waals surface area contributed by atoms with Crippen LogP contribution in [0.4, 0.5) is 0 Å². The summed E-state index contributed by atoms with van der Waals surface area (Å²) in [6, 6.07) is 3.41. The SMILES string of the molecule is Cc1cc(CC(C)C(=O)O)cc(C(=O)O)c1C. The molecule has 0 aliphatic carbocycles. The number of hydrogen-bond donors (Lipinski definition) is 2. The minimum atomic E-state index is -0.976. The summed E-state index contributed by atoms with van der Waals surface area (Å²) in [6.45, 7) is 5.19. The largest absolute Gasteiger partial charge is 0.481 e. The highest BCUT2D eigenvalue weighted by molar-refractivity contribution is 5.90. The van der Waals surface area contributed by atoms with Gasteiger partial charge in [0.15, 0.2) is 0 Å². The van der Waals surface area contributed by atoms with Crippen LogP contribution in [0.25, 0.3) is 0 Å². The first kappa shape index (κ1) is 13.2. The summed E-state index contributed by atoms with van der Waals surface area (Å²) >= 11 is 0. The van der Waals surface area contributed by atoms with Crippen LogP contribution in [0.5, 0.6) is 0 Å². The predicted octanol–water partition coefficient (Wildman–Crippen LogP) is 2.26. The van der Waals surface area contributed by atoms with E-state index in [0.717, 1.165) is 16.7 Å². The van der Waals surface area contributed by atoms with Crippen LogP contribution < -0.4 is 0 Å². The van der Waals surface area contributed by atoms with Gasteiger partial charge in [-0.25, -0.2) is 4.79 Å². The van der Waals surface area contributed by atoms with Crippen molar-refractivity contribution < 1.29 is 19.8 Å². The van der Waals surface area contributed by atoms with Gasteiger partial charge < -0.3 is 10.2 Å². The molecule has 0 saturated carbocycles. The highest BCUT2D eigenvalue weighted by Gasteiger charge is 2.15. The molecule has 0 aliphatic rings. The molecule has 0 bridgehead atoms. The van der Waals surface area contributed by atoms with Crippen LogP contribution >= 0.6 is 0 Å². The standard InChI is InChI=1S/C13H16O4/c1-7-4-10(5-8(2)12(14)15)6-11(9(7)3)13(16)17/h4,6,8H,5H2,1-3H3,(H,14,15)(H,16,17). The van der Waals surface area contributed by atoms with Gasteiger partial charge in [0.1, 0.15) is 0 Å². The van der Waals surface area contributed by atoms with Gasteiger partial charge in [0.05, 0.1) is 11.5 Å². The van der Waals surface area contributed by atoms with Gasteiger partial charge in [-0.15, -0.1) is 0 Å². The van der Waals surface area contributed by atoms with E-state index in [1.807, 2.05) is 13.0 Å². The smallest absolute Gasteiger partial charge is 0.335 e. The maximum absolute atomic E-state index is 11.0. The van der Waals surface area contributed by atoms with E-state index in [4.69, 9.17) is 10.2 Å². The highest BCUT2D eigenvalue weighted by atomic mass is 16.4. The van der Waals surface area contributed by atoms with Gasteiger partial charge in [0.2, 0.25) is 0 Å². The second-order valence-corrected chi connectivity index (χ2v) is 4.33. The number of aliphatic carboxylic acids is 1. The van der Waals surface area contributed by atoms with E-state index in [2.05, 4.69) is 0 Å². The summed E-state index contributed by atoms with van der Waals surface area (Å²) in [5.74, 6) is -2.37. The summed E-state index contributed by atoms with van der Waals surface area (Å²) in [5, 5.41) is 17.9. The Balaban J connectivity index is 3.11. The van der Waals surface area contributed by atoms with Crippen molar-refractivity contribution in [2.75, 3.05) is 0 Å². The Bertz CT molecular complexity index is 463. The zero-order chi connectivity index (χ0) is 13.2. The molecule has 1 aromatic carbocycles. The number of hydrogen-bond acceptors (Lipinski definition) is 2. The quantitative estimate of drug-likeness (QED) is 0.840. The number of carbonyl (C=O) groups is 2. The van der Waals surface area contributed by atoms with Crippen molar-refractivity contribution in [3.63, 3.8) is 0 Å². The van der Waals surface area contributed by atoms with E-state index in [1.165, 1.54) is 0 Å². The Kier molecular flexibility index (Phi) is 3.89. The molecule has 0 aromatic heterocycles. The van der Waals surface area contributed by atoms with Crippen LogP contribution in [0.1, 0.15) is 34.0 Å². The van der Waals surface area contributed by atoms with Crippen LogP contribution in [0, 0.1) is 19.8 Å². The molecular weight excluding hydrogens is 220 g/mol. The maximum atomic E-state index is 11.0. The average molecular weight is 236 g/mol. The molecule has 0 amide bonds. The fourth-order valence-electron chi connectivity index (χ4n) is 1.71. The zero-order valence-electron chi connectivity index (χ0n) is 10.2. The summed E-state index contributed by atoms with van der Waals surface area (Å²) in [5.41, 5.74) is 2.60. The third kappa shape index (κ3) is 3.06. The van der Waals surface area contributed by atoms with Gasteiger partial charge in [-0.05, 0) is 43.0 Å². The summed E-state index contributed by atoms with van der Waals surface area (Å²) in [7, 11) is 0. The van der Waals surface area contributed by atoms with Crippen molar-refractivity contribution in [1.29, 1.82) is 0 Å². The van der Waals surface area contributed by atoms with E-state index < -0.39 is 17.9 Å². The van der Waals surface area contributed by atoms with Gasteiger partial charge in [-0.1, -0.05) is 13.0 Å². The van der Waals surface area contributed by atoms with Crippen molar-refractivity contribution >= 4 is 11.9 Å². The fraction of sp³-hybridized carbons (Fsp3) is 0.385. The number of aryl methyl sites for hydroxylation is 1. The first-order valence-corrected chi connectivity index (χ1v) is 5.39. The van der Waals surface area contributed by atoms with Crippen LogP contribution in [-0.2, 0) is 11.2 Å². The predicted molar refractivity (Wildman–Crippen MR) is 63.4 cm³/mol. The van der Waals surface area contributed by atoms with E-state index in [-0.39, 0.29) is 5.56 Å². The normalized spacial score (nSPS) is 12.2. The summed E-state index contributed by atoms with van der Waals surface area (Å²) in [4.78, 5) is 21.8. The number of benzene rings is 1. The zero-order valence-corrected chi connectivity index (χ0v) is 10.2. The monoisotopic (exact) mass is 236 g/mol. The van der Waals surface area contributed by atoms with Crippen molar-refractivity contribution in [3.8, 4) is 0 Å². The Morgan fingerprint density at radius 2 is 1.82 bits per heavy atom. The highest BCUT2D eigenvalue weighted by Crippen LogP contribution is 2.19. The van der Waals surface area contributed by atoms with Crippen molar-refractivity contribution in [3.05, 3.63) is 34.4 Å². The molecule has 0 spiro atoms. The van der Waals surface area contributed by atoms with Crippen LogP contribution in [0.3, 0.4) is 0 Å². The van der Waals surface area contributed by atoms with E-state index in [1.54, 1.807) is 19.9 Å². The molecule has 17 heavy (non-hydrogen) atoms. The van der Waals surface area contributed by atoms with Crippen LogP contribution in [0.15, 0.2) is 12.1 Å². The van der Waals surface area contributed by atoms with Gasteiger partial charge >= 0.3 is 11.9 Å². The minimum absolute atomic E-state index is 0.248. The Labute approximate surface area is 99.9 Å². The Morgan fingerprint density at radius 3 is 2.29 bits per heavy atom. The first-order chi connectivity index (χ1) is 7.82. The van der Waals surface area contributed by atoms with Gasteiger partial charge in [-0.2, -0.15) is 0 Å². The molecule has 92 valence electrons. The van der Waals surface area contributed by atoms with Gasteiger partial charge in [0, 0.05) is 0 Å². The number of carboxylic acid groups (broad SMARTS) is 2. The van der Waals surface area contributed by atoms with E-state index in [0.29, 0.717) is 6.42 Å². The lowest BCUT2D eigenvalue weighted by atomic mass is 9.94. The molecule has 2 N–H and O–H groups in total. The van der Waals surface area contributed by atoms with E-state index >= 15 is 0 Å². The number of carboxylic acids is 2. The molecule has 1 aromatic rings. The second kappa shape index (κ2) is 4.99. The molecule has 1 rings (SSSR count). The average Bonchev–Trinajstić information content (AvgIpc) is 2.22. The molecule has 1 atom stereocenters. The lowest BCUT2D eigenvalue weighted by Gasteiger charge is -2.11. The lowest BCUT2D eigenvalue weighted by Crippen LogP contribution is -2.13. The molecule has 0 aliphatic heterocycles. The molecular formula is C13H16O4. The van der Waals surface area contributed by atoms with Crippen molar-refractivity contribution in [2.24, 2.45) is 5.92 Å². The molecule has 0 radical (unpaired) electrons. The molecule has 1 unspecified atom stereocenters. The Morgan fingerprint density at radius 1 is 1.24 bits per heavy atom. The summed E-state index contributed by atoms with van der Waals surface area (Å²) in [6.07, 6.45) is 0.344. The van der Waals surface area contributed by atoms with Crippen molar-refractivity contribution in [2.45, 2.75) is 27.2 Å². The third-order valence-electron chi connectivity index (χ3n) is 2.92. The molecule has 0 fully saturated rings. The molecule has 0 saturated heterocycles. The molecule has 0 heterocycles. The first-order valence-electron chi connectivity index (χ1n) is 5.39.